The summed E-state index contributed by atoms with van der Waals surface area (Å²) in [5.74, 6) is 1.24. The number of methoxy groups -OCH3 is 1. The summed E-state index contributed by atoms with van der Waals surface area (Å²) >= 11 is 12.5. The molecule has 1 saturated heterocycles. The largest absolute Gasteiger partial charge is 0.497 e. The highest BCUT2D eigenvalue weighted by molar-refractivity contribution is 6.30. The molecule has 3 atom stereocenters. The maximum atomic E-state index is 14.5. The van der Waals surface area contributed by atoms with Crippen molar-refractivity contribution in [2.45, 2.75) is 24.5 Å². The molecule has 2 aliphatic heterocycles. The summed E-state index contributed by atoms with van der Waals surface area (Å²) in [6, 6.07) is 18.4. The van der Waals surface area contributed by atoms with Crippen molar-refractivity contribution in [2.24, 2.45) is 4.99 Å². The smallest absolute Gasteiger partial charge is 0.326 e. The van der Waals surface area contributed by atoms with Gasteiger partial charge in [-0.2, -0.15) is 0 Å². The van der Waals surface area contributed by atoms with Gasteiger partial charge in [0.25, 0.3) is 0 Å². The number of hydrogen-bond donors (Lipinski definition) is 1. The number of carbonyl (C=O) groups excluding carboxylic acids is 2. The molecule has 2 aliphatic rings. The lowest BCUT2D eigenvalue weighted by atomic mass is 9.93. The van der Waals surface area contributed by atoms with E-state index in [9.17, 15) is 14.0 Å². The maximum absolute atomic E-state index is 14.5. The van der Waals surface area contributed by atoms with Crippen molar-refractivity contribution in [3.8, 4) is 11.5 Å². The zero-order valence-corrected chi connectivity index (χ0v) is 24.5. The Morgan fingerprint density at radius 3 is 2.40 bits per heavy atom. The summed E-state index contributed by atoms with van der Waals surface area (Å²) in [6.45, 7) is 0.488. The second kappa shape index (κ2) is 13.5. The molecule has 8 nitrogen and oxygen atoms in total. The summed E-state index contributed by atoms with van der Waals surface area (Å²) < 4.78 is 24.4. The molecule has 220 valence electrons. The quantitative estimate of drug-likeness (QED) is 0.305. The van der Waals surface area contributed by atoms with Gasteiger partial charge in [0.1, 0.15) is 42.9 Å². The van der Waals surface area contributed by atoms with Crippen LogP contribution in [-0.4, -0.2) is 74.0 Å². The minimum absolute atomic E-state index is 0.159. The van der Waals surface area contributed by atoms with Crippen molar-refractivity contribution in [3.63, 3.8) is 0 Å². The number of halogens is 3. The second-order valence-electron chi connectivity index (χ2n) is 10.00. The first-order valence-electron chi connectivity index (χ1n) is 13.6. The molecule has 0 saturated carbocycles. The van der Waals surface area contributed by atoms with Gasteiger partial charge in [-0.3, -0.25) is 9.89 Å². The zero-order valence-electron chi connectivity index (χ0n) is 23.0. The predicted octanol–water partition coefficient (Wildman–Crippen LogP) is 5.88. The van der Waals surface area contributed by atoms with E-state index in [0.29, 0.717) is 59.0 Å². The lowest BCUT2D eigenvalue weighted by Crippen LogP contribution is -2.56. The molecule has 0 aliphatic carbocycles. The average Bonchev–Trinajstić information content (AvgIpc) is 3.40. The molecule has 2 amide bonds. The highest BCUT2D eigenvalue weighted by Crippen LogP contribution is 2.45. The van der Waals surface area contributed by atoms with Gasteiger partial charge in [0.05, 0.1) is 18.7 Å². The van der Waals surface area contributed by atoms with Gasteiger partial charge in [-0.1, -0.05) is 47.5 Å². The fourth-order valence-electron chi connectivity index (χ4n) is 5.36. The van der Waals surface area contributed by atoms with Crippen LogP contribution < -0.4 is 14.8 Å². The van der Waals surface area contributed by atoms with Crippen LogP contribution in [0.4, 0.5) is 9.18 Å². The van der Waals surface area contributed by atoms with Crippen LogP contribution in [0.5, 0.6) is 11.5 Å². The zero-order chi connectivity index (χ0) is 29.6. The number of amidine groups is 1. The fraction of sp³-hybridized carbons (Fsp3) is 0.323. The molecule has 0 aromatic heterocycles. The van der Waals surface area contributed by atoms with Crippen LogP contribution in [0.2, 0.25) is 10.0 Å². The number of carbonyl (C=O) groups is 2. The standard InChI is InChI=1S/C31H31Cl2FN4O4/c1-41-25-10-11-26(27(18-25)42-17-13-34)30-36-28(20-2-6-22(32)7-3-20)29(21-4-8-23(33)9-5-21)38(30)31(40)37-15-14-35-24(19-37)12-16-39/h2-11,16,18,24,28-29,35H,12-15,17,19H2,1H3. The van der Waals surface area contributed by atoms with Gasteiger partial charge in [-0.25, -0.2) is 9.18 Å². The van der Waals surface area contributed by atoms with Gasteiger partial charge >= 0.3 is 6.03 Å². The highest BCUT2D eigenvalue weighted by atomic mass is 35.5. The van der Waals surface area contributed by atoms with Crippen LogP contribution in [0, 0.1) is 0 Å². The summed E-state index contributed by atoms with van der Waals surface area (Å²) in [6.07, 6.45) is 1.14. The third-order valence-electron chi connectivity index (χ3n) is 7.37. The molecule has 3 aromatic carbocycles. The summed E-state index contributed by atoms with van der Waals surface area (Å²) in [4.78, 5) is 34.4. The molecule has 11 heteroatoms. The van der Waals surface area contributed by atoms with Gasteiger partial charge in [0, 0.05) is 48.2 Å². The number of nitrogens with one attached hydrogen (secondary N) is 1. The van der Waals surface area contributed by atoms with E-state index in [1.54, 1.807) is 52.3 Å². The molecule has 2 heterocycles. The Labute approximate surface area is 254 Å². The van der Waals surface area contributed by atoms with E-state index < -0.39 is 18.8 Å². The number of hydrogen-bond acceptors (Lipinski definition) is 6. The molecule has 5 rings (SSSR count). The topological polar surface area (TPSA) is 83.5 Å². The van der Waals surface area contributed by atoms with Crippen molar-refractivity contribution in [3.05, 3.63) is 93.5 Å². The van der Waals surface area contributed by atoms with Crippen molar-refractivity contribution >= 4 is 41.4 Å². The Kier molecular flexibility index (Phi) is 9.62. The first-order chi connectivity index (χ1) is 20.4. The van der Waals surface area contributed by atoms with Crippen molar-refractivity contribution in [1.29, 1.82) is 0 Å². The van der Waals surface area contributed by atoms with Crippen molar-refractivity contribution in [2.75, 3.05) is 40.0 Å². The van der Waals surface area contributed by atoms with E-state index in [-0.39, 0.29) is 18.7 Å². The normalized spacial score (nSPS) is 20.3. The van der Waals surface area contributed by atoms with Gasteiger partial charge < -0.3 is 24.5 Å². The van der Waals surface area contributed by atoms with E-state index >= 15 is 0 Å². The van der Waals surface area contributed by atoms with Crippen LogP contribution >= 0.6 is 23.2 Å². The minimum Gasteiger partial charge on any atom is -0.497 e. The van der Waals surface area contributed by atoms with Crippen LogP contribution in [0.25, 0.3) is 0 Å². The van der Waals surface area contributed by atoms with Gasteiger partial charge in [0.15, 0.2) is 0 Å². The SMILES string of the molecule is COc1ccc(C2=NC(c3ccc(Cl)cc3)C(c3ccc(Cl)cc3)N2C(=O)N2CCNC(CC=O)C2)c(OCCF)c1. The van der Waals surface area contributed by atoms with E-state index in [4.69, 9.17) is 37.7 Å². The first kappa shape index (κ1) is 29.8. The van der Waals surface area contributed by atoms with Gasteiger partial charge in [0.2, 0.25) is 0 Å². The number of amides is 2. The summed E-state index contributed by atoms with van der Waals surface area (Å²) in [5, 5.41) is 4.45. The molecule has 1 fully saturated rings. The van der Waals surface area contributed by atoms with Crippen LogP contribution in [-0.2, 0) is 4.79 Å². The Morgan fingerprint density at radius 1 is 1.07 bits per heavy atom. The Morgan fingerprint density at radius 2 is 1.76 bits per heavy atom. The van der Waals surface area contributed by atoms with E-state index in [1.807, 2.05) is 24.3 Å². The predicted molar refractivity (Wildman–Crippen MR) is 161 cm³/mol. The number of aldehydes is 1. The fourth-order valence-corrected chi connectivity index (χ4v) is 5.61. The Bertz CT molecular complexity index is 1440. The third kappa shape index (κ3) is 6.38. The van der Waals surface area contributed by atoms with Crippen LogP contribution in [0.1, 0.15) is 35.2 Å². The molecular weight excluding hydrogens is 582 g/mol. The van der Waals surface area contributed by atoms with E-state index in [2.05, 4.69) is 5.32 Å². The highest BCUT2D eigenvalue weighted by Gasteiger charge is 2.45. The summed E-state index contributed by atoms with van der Waals surface area (Å²) in [7, 11) is 1.53. The molecule has 1 N–H and O–H groups in total. The number of aliphatic imine (C=N–C) groups is 1. The van der Waals surface area contributed by atoms with E-state index in [1.165, 1.54) is 7.11 Å². The maximum Gasteiger partial charge on any atom is 0.326 e. The second-order valence-corrected chi connectivity index (χ2v) is 10.9. The molecule has 0 bridgehead atoms. The van der Waals surface area contributed by atoms with Crippen LogP contribution in [0.3, 0.4) is 0 Å². The number of rotatable bonds is 9. The molecule has 0 spiro atoms. The van der Waals surface area contributed by atoms with Crippen molar-refractivity contribution in [1.82, 2.24) is 15.1 Å². The Balaban J connectivity index is 1.67. The first-order valence-corrected chi connectivity index (χ1v) is 14.4. The number of alkyl halides is 1. The molecule has 42 heavy (non-hydrogen) atoms. The monoisotopic (exact) mass is 612 g/mol. The van der Waals surface area contributed by atoms with Gasteiger partial charge in [-0.05, 0) is 47.5 Å². The molecule has 3 aromatic rings. The number of urea groups is 1. The molecular formula is C31H31Cl2FN4O4. The number of benzene rings is 3. The lowest BCUT2D eigenvalue weighted by Gasteiger charge is -2.38. The summed E-state index contributed by atoms with van der Waals surface area (Å²) in [5.41, 5.74) is 2.20. The van der Waals surface area contributed by atoms with Crippen molar-refractivity contribution < 1.29 is 23.5 Å². The Hall–Kier alpha value is -3.66. The van der Waals surface area contributed by atoms with E-state index in [0.717, 1.165) is 17.4 Å². The van der Waals surface area contributed by atoms with Gasteiger partial charge in [-0.15, -0.1) is 0 Å². The minimum atomic E-state index is -0.689. The molecule has 3 unspecified atom stereocenters. The number of nitrogens with zero attached hydrogens (tertiary/aromatic N) is 3. The van der Waals surface area contributed by atoms with Crippen LogP contribution in [0.15, 0.2) is 71.7 Å². The molecule has 0 radical (unpaired) electrons. The average molecular weight is 614 g/mol. The number of piperazine rings is 1. The third-order valence-corrected chi connectivity index (χ3v) is 7.87. The number of ether oxygens (including phenoxy) is 2. The lowest BCUT2D eigenvalue weighted by molar-refractivity contribution is -0.108.